The van der Waals surface area contributed by atoms with Crippen LogP contribution in [0.4, 0.5) is 0 Å². The van der Waals surface area contributed by atoms with Crippen molar-refractivity contribution in [3.05, 3.63) is 27.1 Å². The number of halogens is 2. The third-order valence-electron chi connectivity index (χ3n) is 2.39. The fraction of sp³-hybridized carbons (Fsp3) is 0.462. The zero-order valence-corrected chi connectivity index (χ0v) is 14.1. The van der Waals surface area contributed by atoms with Crippen molar-refractivity contribution in [2.75, 3.05) is 20.3 Å². The SMILES string of the molecule is COCCCNC(=O)C(C)Oc1ccc(Br)cc1Br. The molecule has 0 spiro atoms. The summed E-state index contributed by atoms with van der Waals surface area (Å²) in [7, 11) is 1.64. The summed E-state index contributed by atoms with van der Waals surface area (Å²) in [6.07, 6.45) is 0.247. The van der Waals surface area contributed by atoms with Crippen LogP contribution < -0.4 is 10.1 Å². The summed E-state index contributed by atoms with van der Waals surface area (Å²) in [5.41, 5.74) is 0. The lowest BCUT2D eigenvalue weighted by molar-refractivity contribution is -0.127. The first-order chi connectivity index (χ1) is 9.04. The Morgan fingerprint density at radius 1 is 1.42 bits per heavy atom. The van der Waals surface area contributed by atoms with Crippen LogP contribution in [0.25, 0.3) is 0 Å². The predicted molar refractivity (Wildman–Crippen MR) is 81.4 cm³/mol. The summed E-state index contributed by atoms with van der Waals surface area (Å²) in [6, 6.07) is 5.55. The summed E-state index contributed by atoms with van der Waals surface area (Å²) in [5, 5.41) is 2.80. The summed E-state index contributed by atoms with van der Waals surface area (Å²) < 4.78 is 12.3. The molecule has 0 saturated heterocycles. The van der Waals surface area contributed by atoms with Crippen molar-refractivity contribution >= 4 is 37.8 Å². The maximum absolute atomic E-state index is 11.8. The molecule has 1 atom stereocenters. The van der Waals surface area contributed by atoms with Crippen molar-refractivity contribution in [3.63, 3.8) is 0 Å². The minimum Gasteiger partial charge on any atom is -0.480 e. The van der Waals surface area contributed by atoms with Crippen molar-refractivity contribution in [2.45, 2.75) is 19.4 Å². The molecule has 0 bridgehead atoms. The van der Waals surface area contributed by atoms with E-state index < -0.39 is 6.10 Å². The number of hydrogen-bond acceptors (Lipinski definition) is 3. The second-order valence-corrected chi connectivity index (χ2v) is 5.74. The molecule has 0 fully saturated rings. The van der Waals surface area contributed by atoms with E-state index in [0.717, 1.165) is 15.4 Å². The van der Waals surface area contributed by atoms with Gasteiger partial charge in [0.25, 0.3) is 5.91 Å². The predicted octanol–water partition coefficient (Wildman–Crippen LogP) is 3.13. The molecule has 0 aliphatic carbocycles. The Hall–Kier alpha value is -0.590. The zero-order valence-electron chi connectivity index (χ0n) is 10.9. The molecule has 1 amide bonds. The number of amides is 1. The van der Waals surface area contributed by atoms with Gasteiger partial charge in [0.05, 0.1) is 4.47 Å². The Balaban J connectivity index is 2.45. The van der Waals surface area contributed by atoms with Crippen LogP contribution >= 0.6 is 31.9 Å². The largest absolute Gasteiger partial charge is 0.480 e. The molecule has 4 nitrogen and oxygen atoms in total. The molecule has 19 heavy (non-hydrogen) atoms. The van der Waals surface area contributed by atoms with Gasteiger partial charge in [0, 0.05) is 24.7 Å². The van der Waals surface area contributed by atoms with Crippen LogP contribution in [0, 0.1) is 0 Å². The number of nitrogens with one attached hydrogen (secondary N) is 1. The molecule has 0 aliphatic heterocycles. The summed E-state index contributed by atoms with van der Waals surface area (Å²) in [4.78, 5) is 11.8. The highest BCUT2D eigenvalue weighted by Gasteiger charge is 2.15. The van der Waals surface area contributed by atoms with Gasteiger partial charge in [0.2, 0.25) is 0 Å². The van der Waals surface area contributed by atoms with Gasteiger partial charge in [-0.1, -0.05) is 15.9 Å². The number of ether oxygens (including phenoxy) is 2. The summed E-state index contributed by atoms with van der Waals surface area (Å²) >= 11 is 6.76. The fourth-order valence-electron chi connectivity index (χ4n) is 1.39. The summed E-state index contributed by atoms with van der Waals surface area (Å²) in [5.74, 6) is 0.508. The maximum Gasteiger partial charge on any atom is 0.260 e. The first-order valence-corrected chi connectivity index (χ1v) is 7.51. The van der Waals surface area contributed by atoms with E-state index in [1.807, 2.05) is 18.2 Å². The van der Waals surface area contributed by atoms with Crippen LogP contribution in [0.3, 0.4) is 0 Å². The number of rotatable bonds is 7. The smallest absolute Gasteiger partial charge is 0.260 e. The maximum atomic E-state index is 11.8. The second kappa shape index (κ2) is 8.55. The van der Waals surface area contributed by atoms with Gasteiger partial charge in [0.1, 0.15) is 5.75 Å². The molecule has 0 aliphatic rings. The molecule has 1 N–H and O–H groups in total. The molecule has 0 saturated carbocycles. The highest BCUT2D eigenvalue weighted by Crippen LogP contribution is 2.28. The van der Waals surface area contributed by atoms with Crippen LogP contribution in [0.15, 0.2) is 27.1 Å². The van der Waals surface area contributed by atoms with Crippen molar-refractivity contribution in [3.8, 4) is 5.75 Å². The Morgan fingerprint density at radius 3 is 2.79 bits per heavy atom. The van der Waals surface area contributed by atoms with Gasteiger partial charge in [-0.05, 0) is 47.5 Å². The second-order valence-electron chi connectivity index (χ2n) is 3.97. The number of benzene rings is 1. The van der Waals surface area contributed by atoms with Crippen molar-refractivity contribution in [1.82, 2.24) is 5.32 Å². The standard InChI is InChI=1S/C13H17Br2NO3/c1-9(13(17)16-6-3-7-18-2)19-12-5-4-10(14)8-11(12)15/h4-5,8-9H,3,6-7H2,1-2H3,(H,16,17). The Labute approximate surface area is 130 Å². The van der Waals surface area contributed by atoms with Gasteiger partial charge < -0.3 is 14.8 Å². The molecule has 0 heterocycles. The molecular weight excluding hydrogens is 378 g/mol. The molecule has 1 aromatic rings. The first-order valence-electron chi connectivity index (χ1n) is 5.93. The van der Waals surface area contributed by atoms with E-state index >= 15 is 0 Å². The first kappa shape index (κ1) is 16.5. The quantitative estimate of drug-likeness (QED) is 0.722. The van der Waals surface area contributed by atoms with E-state index in [2.05, 4.69) is 37.2 Å². The molecule has 1 aromatic carbocycles. The van der Waals surface area contributed by atoms with Gasteiger partial charge in [-0.3, -0.25) is 4.79 Å². The lowest BCUT2D eigenvalue weighted by Crippen LogP contribution is -2.37. The van der Waals surface area contributed by atoms with Crippen molar-refractivity contribution in [2.24, 2.45) is 0 Å². The number of methoxy groups -OCH3 is 1. The Bertz CT molecular complexity index is 426. The highest BCUT2D eigenvalue weighted by atomic mass is 79.9. The van der Waals surface area contributed by atoms with E-state index in [1.165, 1.54) is 0 Å². The molecule has 0 radical (unpaired) electrons. The van der Waals surface area contributed by atoms with Crippen LogP contribution in [-0.4, -0.2) is 32.3 Å². The Morgan fingerprint density at radius 2 is 2.16 bits per heavy atom. The van der Waals surface area contributed by atoms with E-state index in [1.54, 1.807) is 14.0 Å². The van der Waals surface area contributed by atoms with Crippen LogP contribution in [0.2, 0.25) is 0 Å². The third-order valence-corrected chi connectivity index (χ3v) is 3.50. The molecular formula is C13H17Br2NO3. The van der Waals surface area contributed by atoms with Crippen LogP contribution in [0.1, 0.15) is 13.3 Å². The summed E-state index contributed by atoms with van der Waals surface area (Å²) in [6.45, 7) is 2.94. The zero-order chi connectivity index (χ0) is 14.3. The minimum absolute atomic E-state index is 0.133. The van der Waals surface area contributed by atoms with E-state index in [4.69, 9.17) is 9.47 Å². The van der Waals surface area contributed by atoms with E-state index in [-0.39, 0.29) is 5.91 Å². The lowest BCUT2D eigenvalue weighted by atomic mass is 10.3. The highest BCUT2D eigenvalue weighted by molar-refractivity contribution is 9.11. The van der Waals surface area contributed by atoms with E-state index in [0.29, 0.717) is 18.9 Å². The average Bonchev–Trinajstić information content (AvgIpc) is 2.37. The minimum atomic E-state index is -0.542. The average molecular weight is 395 g/mol. The van der Waals surface area contributed by atoms with Gasteiger partial charge in [-0.2, -0.15) is 0 Å². The van der Waals surface area contributed by atoms with Crippen LogP contribution in [0.5, 0.6) is 5.75 Å². The monoisotopic (exact) mass is 393 g/mol. The fourth-order valence-corrected chi connectivity index (χ4v) is 2.53. The van der Waals surface area contributed by atoms with Crippen molar-refractivity contribution in [1.29, 1.82) is 0 Å². The molecule has 6 heteroatoms. The van der Waals surface area contributed by atoms with E-state index in [9.17, 15) is 4.79 Å². The van der Waals surface area contributed by atoms with Gasteiger partial charge in [0.15, 0.2) is 6.10 Å². The molecule has 1 unspecified atom stereocenters. The van der Waals surface area contributed by atoms with Crippen LogP contribution in [-0.2, 0) is 9.53 Å². The van der Waals surface area contributed by atoms with Crippen molar-refractivity contribution < 1.29 is 14.3 Å². The lowest BCUT2D eigenvalue weighted by Gasteiger charge is -2.15. The molecule has 1 rings (SSSR count). The number of hydrogen-bond donors (Lipinski definition) is 1. The number of carbonyl (C=O) groups is 1. The molecule has 0 aromatic heterocycles. The normalized spacial score (nSPS) is 12.0. The number of carbonyl (C=O) groups excluding carboxylic acids is 1. The molecule has 106 valence electrons. The Kier molecular flexibility index (Phi) is 7.41. The van der Waals surface area contributed by atoms with Gasteiger partial charge in [-0.25, -0.2) is 0 Å². The van der Waals surface area contributed by atoms with Gasteiger partial charge >= 0.3 is 0 Å². The third kappa shape index (κ3) is 5.93. The topological polar surface area (TPSA) is 47.6 Å². The van der Waals surface area contributed by atoms with Gasteiger partial charge in [-0.15, -0.1) is 0 Å².